The van der Waals surface area contributed by atoms with Crippen LogP contribution >= 0.6 is 0 Å². The van der Waals surface area contributed by atoms with Crippen molar-refractivity contribution in [3.8, 4) is 12.1 Å². The van der Waals surface area contributed by atoms with Crippen molar-refractivity contribution in [3.63, 3.8) is 0 Å². The minimum Gasteiger partial charge on any atom is -0.346 e. The van der Waals surface area contributed by atoms with Crippen molar-refractivity contribution in [3.05, 3.63) is 59.7 Å². The van der Waals surface area contributed by atoms with E-state index in [2.05, 4.69) is 26.7 Å². The second-order valence-corrected chi connectivity index (χ2v) is 8.85. The summed E-state index contributed by atoms with van der Waals surface area (Å²) >= 11 is 0. The predicted octanol–water partition coefficient (Wildman–Crippen LogP) is 3.89. The van der Waals surface area contributed by atoms with Gasteiger partial charge in [0.15, 0.2) is 0 Å². The van der Waals surface area contributed by atoms with Crippen LogP contribution in [0.3, 0.4) is 0 Å². The molecule has 1 amide bonds. The number of carbonyl (C=O) groups excluding carboxylic acids is 1. The highest BCUT2D eigenvalue weighted by Crippen LogP contribution is 2.37. The first kappa shape index (κ1) is 21.1. The molecule has 8 nitrogen and oxygen atoms in total. The molecule has 3 aromatic rings. The summed E-state index contributed by atoms with van der Waals surface area (Å²) in [7, 11) is 0. The third-order valence-electron chi connectivity index (χ3n) is 6.79. The summed E-state index contributed by atoms with van der Waals surface area (Å²) in [5.74, 6) is 0.456. The Morgan fingerprint density at radius 3 is 2.64 bits per heavy atom. The van der Waals surface area contributed by atoms with Crippen LogP contribution < -0.4 is 0 Å². The summed E-state index contributed by atoms with van der Waals surface area (Å²) in [5, 5.41) is 19.9. The van der Waals surface area contributed by atoms with Crippen molar-refractivity contribution in [2.45, 2.75) is 44.7 Å². The molecule has 1 atom stereocenters. The van der Waals surface area contributed by atoms with Crippen molar-refractivity contribution >= 4 is 16.9 Å². The Labute approximate surface area is 192 Å². The average molecular weight is 441 g/mol. The van der Waals surface area contributed by atoms with Crippen LogP contribution in [0.15, 0.2) is 43.0 Å². The van der Waals surface area contributed by atoms with Crippen LogP contribution in [0.25, 0.3) is 11.0 Å². The Hall–Kier alpha value is -3.75. The molecule has 0 aromatic carbocycles. The topological polar surface area (TPSA) is 108 Å². The van der Waals surface area contributed by atoms with Gasteiger partial charge in [-0.15, -0.1) is 0 Å². The Morgan fingerprint density at radius 1 is 1.06 bits per heavy atom. The first-order valence-electron chi connectivity index (χ1n) is 11.3. The molecule has 4 heterocycles. The molecule has 1 aliphatic heterocycles. The van der Waals surface area contributed by atoms with Gasteiger partial charge in [-0.3, -0.25) is 19.6 Å². The first-order valence-corrected chi connectivity index (χ1v) is 11.3. The molecular formula is C25H24N6O2. The van der Waals surface area contributed by atoms with Crippen LogP contribution in [0.2, 0.25) is 0 Å². The third kappa shape index (κ3) is 4.18. The molecule has 5 rings (SSSR count). The maximum atomic E-state index is 13.3. The molecule has 0 bridgehead atoms. The van der Waals surface area contributed by atoms with Crippen LogP contribution in [0.4, 0.5) is 0 Å². The molecule has 166 valence electrons. The first-order chi connectivity index (χ1) is 16.2. The lowest BCUT2D eigenvalue weighted by Gasteiger charge is -2.32. The highest BCUT2D eigenvalue weighted by atomic mass is 16.7. The number of amides is 1. The highest BCUT2D eigenvalue weighted by molar-refractivity contribution is 5.79. The summed E-state index contributed by atoms with van der Waals surface area (Å²) in [6, 6.07) is 9.73. The average Bonchev–Trinajstić information content (AvgIpc) is 3.51. The van der Waals surface area contributed by atoms with Crippen LogP contribution in [0.1, 0.15) is 54.8 Å². The second kappa shape index (κ2) is 9.01. The van der Waals surface area contributed by atoms with Crippen LogP contribution in [0.5, 0.6) is 0 Å². The number of nitrogens with zero attached hydrogens (tertiary/aromatic N) is 6. The highest BCUT2D eigenvalue weighted by Gasteiger charge is 2.37. The van der Waals surface area contributed by atoms with Gasteiger partial charge in [0.2, 0.25) is 5.91 Å². The fraction of sp³-hybridized carbons (Fsp3) is 0.400. The van der Waals surface area contributed by atoms with Gasteiger partial charge in [-0.1, -0.05) is 0 Å². The van der Waals surface area contributed by atoms with E-state index >= 15 is 0 Å². The van der Waals surface area contributed by atoms with E-state index in [1.54, 1.807) is 18.5 Å². The van der Waals surface area contributed by atoms with E-state index in [0.717, 1.165) is 48.8 Å². The second-order valence-electron chi connectivity index (χ2n) is 8.85. The minimum atomic E-state index is -0.191. The van der Waals surface area contributed by atoms with E-state index in [-0.39, 0.29) is 17.9 Å². The van der Waals surface area contributed by atoms with Gasteiger partial charge >= 0.3 is 0 Å². The van der Waals surface area contributed by atoms with Gasteiger partial charge in [0.05, 0.1) is 34.8 Å². The van der Waals surface area contributed by atoms with Crippen molar-refractivity contribution in [1.82, 2.24) is 19.6 Å². The van der Waals surface area contributed by atoms with Gasteiger partial charge in [0, 0.05) is 43.7 Å². The zero-order chi connectivity index (χ0) is 22.8. The number of carbonyl (C=O) groups is 1. The van der Waals surface area contributed by atoms with E-state index < -0.39 is 0 Å². The zero-order valence-corrected chi connectivity index (χ0v) is 18.2. The van der Waals surface area contributed by atoms with Crippen LogP contribution in [0, 0.1) is 34.5 Å². The van der Waals surface area contributed by atoms with Crippen molar-refractivity contribution in [2.75, 3.05) is 6.61 Å². The normalized spacial score (nSPS) is 22.7. The number of hydrogen-bond donors (Lipinski definition) is 0. The number of rotatable bonds is 4. The molecular weight excluding hydrogens is 416 g/mol. The maximum Gasteiger partial charge on any atom is 0.249 e. The number of aromatic nitrogens is 3. The van der Waals surface area contributed by atoms with E-state index in [0.29, 0.717) is 30.1 Å². The van der Waals surface area contributed by atoms with Crippen LogP contribution in [-0.4, -0.2) is 32.1 Å². The van der Waals surface area contributed by atoms with Crippen molar-refractivity contribution in [2.24, 2.45) is 11.8 Å². The van der Waals surface area contributed by atoms with E-state index in [1.165, 1.54) is 11.3 Å². The summed E-state index contributed by atoms with van der Waals surface area (Å²) < 4.78 is 2.17. The van der Waals surface area contributed by atoms with Gasteiger partial charge in [0.25, 0.3) is 0 Å². The van der Waals surface area contributed by atoms with Crippen LogP contribution in [-0.2, 0) is 16.2 Å². The lowest BCUT2D eigenvalue weighted by atomic mass is 9.81. The largest absolute Gasteiger partial charge is 0.346 e. The standard InChI is InChI=1S/C25H24N6O2/c26-11-18-9-21(15-28-13-18)23-6-8-33-31(23)25(32)20-3-1-17(2-4-20)16-30-7-5-22-24(30)10-19(12-27)14-29-22/h5,7,9-10,13-15,17,20,23H,1-4,6,8,16H2/t17-,20-,23-/m0/s1. The Balaban J connectivity index is 1.22. The monoisotopic (exact) mass is 440 g/mol. The van der Waals surface area contributed by atoms with Crippen molar-refractivity contribution < 1.29 is 9.63 Å². The molecule has 3 aromatic heterocycles. The number of hydrogen-bond acceptors (Lipinski definition) is 6. The third-order valence-corrected chi connectivity index (χ3v) is 6.79. The fourth-order valence-electron chi connectivity index (χ4n) is 5.02. The molecule has 0 unspecified atom stereocenters. The number of fused-ring (bicyclic) bond motifs is 1. The number of nitriles is 2. The molecule has 1 saturated carbocycles. The van der Waals surface area contributed by atoms with Gasteiger partial charge in [-0.25, -0.2) is 5.06 Å². The maximum absolute atomic E-state index is 13.3. The summed E-state index contributed by atoms with van der Waals surface area (Å²) in [6.07, 6.45) is 11.2. The molecule has 2 aliphatic rings. The Morgan fingerprint density at radius 2 is 1.85 bits per heavy atom. The zero-order valence-electron chi connectivity index (χ0n) is 18.2. The van der Waals surface area contributed by atoms with Gasteiger partial charge in [0.1, 0.15) is 12.1 Å². The van der Waals surface area contributed by atoms with E-state index in [9.17, 15) is 10.1 Å². The lowest BCUT2D eigenvalue weighted by Crippen LogP contribution is -2.37. The van der Waals surface area contributed by atoms with Gasteiger partial charge in [-0.2, -0.15) is 10.5 Å². The molecule has 33 heavy (non-hydrogen) atoms. The lowest BCUT2D eigenvalue weighted by molar-refractivity contribution is -0.183. The predicted molar refractivity (Wildman–Crippen MR) is 119 cm³/mol. The van der Waals surface area contributed by atoms with Crippen molar-refractivity contribution in [1.29, 1.82) is 10.5 Å². The quantitative estimate of drug-likeness (QED) is 0.609. The van der Waals surface area contributed by atoms with E-state index in [4.69, 9.17) is 10.1 Å². The molecule has 0 spiro atoms. The molecule has 0 N–H and O–H groups in total. The Bertz CT molecular complexity index is 1260. The van der Waals surface area contributed by atoms with E-state index in [1.807, 2.05) is 18.3 Å². The molecule has 1 saturated heterocycles. The summed E-state index contributed by atoms with van der Waals surface area (Å²) in [5.41, 5.74) is 3.77. The fourth-order valence-corrected chi connectivity index (χ4v) is 5.02. The number of pyridine rings is 2. The minimum absolute atomic E-state index is 0.0348. The molecule has 1 aliphatic carbocycles. The Kier molecular flexibility index (Phi) is 5.77. The number of hydroxylamine groups is 2. The summed E-state index contributed by atoms with van der Waals surface area (Å²) in [6.45, 7) is 1.35. The van der Waals surface area contributed by atoms with Gasteiger partial charge in [-0.05, 0) is 55.4 Å². The van der Waals surface area contributed by atoms with Gasteiger partial charge < -0.3 is 4.57 Å². The molecule has 8 heteroatoms. The summed E-state index contributed by atoms with van der Waals surface area (Å²) in [4.78, 5) is 27.5. The smallest absolute Gasteiger partial charge is 0.249 e. The molecule has 2 fully saturated rings. The SMILES string of the molecule is N#Cc1cncc([C@@H]2CCON2C(=O)[C@H]2CC[C@H](Cn3ccc4ncc(C#N)cc43)CC2)c1. The molecule has 0 radical (unpaired) electrons.